The van der Waals surface area contributed by atoms with E-state index in [1.165, 1.54) is 31.2 Å². The Morgan fingerprint density at radius 3 is 2.41 bits per heavy atom. The summed E-state index contributed by atoms with van der Waals surface area (Å²) in [5.41, 5.74) is -1.14. The van der Waals surface area contributed by atoms with E-state index in [0.717, 1.165) is 18.9 Å². The van der Waals surface area contributed by atoms with Crippen molar-refractivity contribution in [3.8, 4) is 11.5 Å². The Morgan fingerprint density at radius 2 is 1.81 bits per heavy atom. The van der Waals surface area contributed by atoms with Gasteiger partial charge in [-0.15, -0.1) is 0 Å². The lowest BCUT2D eigenvalue weighted by molar-refractivity contribution is -0.138. The Labute approximate surface area is 213 Å². The van der Waals surface area contributed by atoms with Crippen LogP contribution in [0.25, 0.3) is 0 Å². The number of amides is 2. The average molecular weight is 521 g/mol. The van der Waals surface area contributed by atoms with Crippen LogP contribution in [0.3, 0.4) is 0 Å². The van der Waals surface area contributed by atoms with Gasteiger partial charge >= 0.3 is 6.18 Å². The van der Waals surface area contributed by atoms with Crippen molar-refractivity contribution in [2.75, 3.05) is 13.2 Å². The summed E-state index contributed by atoms with van der Waals surface area (Å²) in [5.74, 6) is -0.182. The minimum atomic E-state index is -4.65. The fraction of sp³-hybridized carbons (Fsp3) is 0.481. The molecule has 200 valence electrons. The first-order valence-electron chi connectivity index (χ1n) is 12.4. The molecule has 0 aromatic heterocycles. The molecule has 1 atom stereocenters. The van der Waals surface area contributed by atoms with Gasteiger partial charge in [0.2, 0.25) is 11.8 Å². The van der Waals surface area contributed by atoms with Crippen molar-refractivity contribution >= 4 is 11.8 Å². The van der Waals surface area contributed by atoms with Crippen LogP contribution in [0.5, 0.6) is 11.5 Å². The van der Waals surface area contributed by atoms with Crippen LogP contribution in [0, 0.1) is 5.92 Å². The van der Waals surface area contributed by atoms with Gasteiger partial charge < -0.3 is 25.2 Å². The van der Waals surface area contributed by atoms with Gasteiger partial charge in [-0.05, 0) is 61.1 Å². The van der Waals surface area contributed by atoms with Crippen LogP contribution in [-0.4, -0.2) is 35.7 Å². The number of carbonyl (C=O) groups excluding carboxylic acids is 2. The van der Waals surface area contributed by atoms with Crippen molar-refractivity contribution in [3.63, 3.8) is 0 Å². The summed E-state index contributed by atoms with van der Waals surface area (Å²) in [7, 11) is 0. The molecular formula is C27H31F3N2O5. The van der Waals surface area contributed by atoms with Crippen molar-refractivity contribution in [1.82, 2.24) is 10.6 Å². The largest absolute Gasteiger partial charge is 0.457 e. The monoisotopic (exact) mass is 520 g/mol. The van der Waals surface area contributed by atoms with Crippen LogP contribution < -0.4 is 15.4 Å². The predicted octanol–water partition coefficient (Wildman–Crippen LogP) is 4.63. The smallest absolute Gasteiger partial charge is 0.419 e. The molecule has 3 N–H and O–H groups in total. The topological polar surface area (TPSA) is 96.9 Å². The van der Waals surface area contributed by atoms with Gasteiger partial charge in [-0.25, -0.2) is 0 Å². The summed E-state index contributed by atoms with van der Waals surface area (Å²) in [6.07, 6.45) is -2.42. The first kappa shape index (κ1) is 26.9. The maximum absolute atomic E-state index is 13.5. The molecule has 0 spiro atoms. The number of halogens is 3. The van der Waals surface area contributed by atoms with Crippen LogP contribution in [0.2, 0.25) is 0 Å². The number of aliphatic hydroxyl groups excluding tert-OH is 1. The molecule has 37 heavy (non-hydrogen) atoms. The molecule has 4 rings (SSSR count). The van der Waals surface area contributed by atoms with Crippen LogP contribution in [0.15, 0.2) is 42.5 Å². The third kappa shape index (κ3) is 7.01. The molecule has 2 aromatic carbocycles. The Hall–Kier alpha value is -3.11. The maximum Gasteiger partial charge on any atom is 0.419 e. The Kier molecular flexibility index (Phi) is 8.08. The van der Waals surface area contributed by atoms with E-state index in [-0.39, 0.29) is 35.4 Å². The zero-order valence-electron chi connectivity index (χ0n) is 20.6. The summed E-state index contributed by atoms with van der Waals surface area (Å²) in [6.45, 7) is 2.32. The molecule has 2 amide bonds. The number of ether oxygens (including phenoxy) is 2. The fourth-order valence-corrected chi connectivity index (χ4v) is 4.30. The second kappa shape index (κ2) is 11.1. The van der Waals surface area contributed by atoms with Crippen LogP contribution in [-0.2, 0) is 27.0 Å². The summed E-state index contributed by atoms with van der Waals surface area (Å²) in [4.78, 5) is 25.6. The number of benzene rings is 2. The summed E-state index contributed by atoms with van der Waals surface area (Å²) < 4.78 is 51.5. The molecule has 1 aliphatic carbocycles. The second-order valence-corrected chi connectivity index (χ2v) is 9.75. The van der Waals surface area contributed by atoms with E-state index in [9.17, 15) is 27.9 Å². The van der Waals surface area contributed by atoms with Crippen LogP contribution in [0.1, 0.15) is 61.8 Å². The molecule has 2 fully saturated rings. The average Bonchev–Trinajstić information content (AvgIpc) is 3.67. The van der Waals surface area contributed by atoms with Gasteiger partial charge in [0.25, 0.3) is 0 Å². The highest BCUT2D eigenvalue weighted by Crippen LogP contribution is 2.39. The zero-order chi connectivity index (χ0) is 26.6. The van der Waals surface area contributed by atoms with Gasteiger partial charge in [0, 0.05) is 39.0 Å². The highest BCUT2D eigenvalue weighted by Gasteiger charge is 2.42. The first-order chi connectivity index (χ1) is 17.6. The molecule has 1 unspecified atom stereocenters. The summed E-state index contributed by atoms with van der Waals surface area (Å²) in [6, 6.07) is 9.78. The molecule has 2 aromatic rings. The second-order valence-electron chi connectivity index (χ2n) is 9.75. The Balaban J connectivity index is 1.39. The van der Waals surface area contributed by atoms with Crippen molar-refractivity contribution in [2.45, 2.75) is 63.4 Å². The van der Waals surface area contributed by atoms with Crippen molar-refractivity contribution in [2.24, 2.45) is 5.92 Å². The number of nitrogens with one attached hydrogen (secondary N) is 2. The third-order valence-electron chi connectivity index (χ3n) is 6.73. The Morgan fingerprint density at radius 1 is 1.14 bits per heavy atom. The molecule has 2 aliphatic rings. The molecule has 1 aliphatic heterocycles. The van der Waals surface area contributed by atoms with Crippen molar-refractivity contribution < 1.29 is 37.3 Å². The summed E-state index contributed by atoms with van der Waals surface area (Å²) >= 11 is 0. The molecule has 1 heterocycles. The van der Waals surface area contributed by atoms with Gasteiger partial charge in [-0.1, -0.05) is 18.2 Å². The summed E-state index contributed by atoms with van der Waals surface area (Å²) in [5, 5.41) is 15.5. The molecule has 10 heteroatoms. The van der Waals surface area contributed by atoms with Gasteiger partial charge in [-0.3, -0.25) is 9.59 Å². The van der Waals surface area contributed by atoms with Gasteiger partial charge in [0.15, 0.2) is 0 Å². The number of rotatable bonds is 9. The number of carbonyl (C=O) groups is 2. The Bertz CT molecular complexity index is 1110. The number of hydrogen-bond donors (Lipinski definition) is 3. The van der Waals surface area contributed by atoms with E-state index < -0.39 is 23.4 Å². The molecule has 1 saturated heterocycles. The molecule has 7 nitrogen and oxygen atoms in total. The van der Waals surface area contributed by atoms with Gasteiger partial charge in [0.05, 0.1) is 11.7 Å². The molecule has 0 bridgehead atoms. The highest BCUT2D eigenvalue weighted by atomic mass is 19.4. The SMILES string of the molecule is CC(O)c1ccc(Oc2ccc(CNC(=O)C3(NC(=O)CC4CC4)CCOCC3)cc2)c(C(F)(F)F)c1. The van der Waals surface area contributed by atoms with Crippen LogP contribution in [0.4, 0.5) is 13.2 Å². The van der Waals surface area contributed by atoms with E-state index in [4.69, 9.17) is 9.47 Å². The van der Waals surface area contributed by atoms with E-state index in [1.807, 2.05) is 0 Å². The minimum absolute atomic E-state index is 0.124. The lowest BCUT2D eigenvalue weighted by Gasteiger charge is -2.36. The minimum Gasteiger partial charge on any atom is -0.457 e. The third-order valence-corrected chi connectivity index (χ3v) is 6.73. The standard InChI is InChI=1S/C27H31F3N2O5/c1-17(33)20-6-9-23(22(15-20)27(28,29)30)37-21-7-4-19(5-8-21)16-31-25(35)26(10-12-36-13-11-26)32-24(34)14-18-2-3-18/h4-9,15,17-18,33H,2-3,10-14,16H2,1H3,(H,31,35)(H,32,34). The van der Waals surface area contributed by atoms with Gasteiger partial charge in [-0.2, -0.15) is 13.2 Å². The normalized spacial score (nSPS) is 18.1. The van der Waals surface area contributed by atoms with E-state index in [1.54, 1.807) is 12.1 Å². The predicted molar refractivity (Wildman–Crippen MR) is 129 cm³/mol. The quantitative estimate of drug-likeness (QED) is 0.448. The molecule has 0 radical (unpaired) electrons. The van der Waals surface area contributed by atoms with E-state index in [2.05, 4.69) is 10.6 Å². The number of alkyl halides is 3. The van der Waals surface area contributed by atoms with E-state index in [0.29, 0.717) is 44.0 Å². The van der Waals surface area contributed by atoms with Crippen molar-refractivity contribution in [3.05, 3.63) is 59.2 Å². The van der Waals surface area contributed by atoms with Crippen molar-refractivity contribution in [1.29, 1.82) is 0 Å². The number of hydrogen-bond acceptors (Lipinski definition) is 5. The molecular weight excluding hydrogens is 489 g/mol. The zero-order valence-corrected chi connectivity index (χ0v) is 20.6. The number of aliphatic hydroxyl groups is 1. The molecule has 1 saturated carbocycles. The highest BCUT2D eigenvalue weighted by molar-refractivity contribution is 5.91. The van der Waals surface area contributed by atoms with Crippen LogP contribution >= 0.6 is 0 Å². The maximum atomic E-state index is 13.5. The lowest BCUT2D eigenvalue weighted by Crippen LogP contribution is -2.61. The lowest BCUT2D eigenvalue weighted by atomic mass is 9.88. The van der Waals surface area contributed by atoms with Gasteiger partial charge in [0.1, 0.15) is 17.0 Å². The fourth-order valence-electron chi connectivity index (χ4n) is 4.30. The first-order valence-corrected chi connectivity index (χ1v) is 12.4. The van der Waals surface area contributed by atoms with E-state index >= 15 is 0 Å².